The summed E-state index contributed by atoms with van der Waals surface area (Å²) in [4.78, 5) is 20.9. The number of nitrogens with one attached hydrogen (secondary N) is 1. The molecule has 3 aromatic rings. The topological polar surface area (TPSA) is 80.7 Å². The number of carbonyl (C=O) groups is 1. The zero-order chi connectivity index (χ0) is 22.2. The second kappa shape index (κ2) is 10.7. The Balaban J connectivity index is 1.40. The number of carboxylic acid groups (broad SMARTS) is 1. The molecule has 2 aromatic carbocycles. The molecule has 0 saturated carbocycles. The fraction of sp³-hybridized carbons (Fsp3) is 0.231. The van der Waals surface area contributed by atoms with Crippen LogP contribution in [-0.2, 0) is 16.1 Å². The average molecular weight is 431 g/mol. The van der Waals surface area contributed by atoms with E-state index in [4.69, 9.17) is 14.7 Å². The Morgan fingerprint density at radius 1 is 1.03 bits per heavy atom. The lowest BCUT2D eigenvalue weighted by Crippen LogP contribution is -2.23. The molecule has 32 heavy (non-hydrogen) atoms. The maximum atomic E-state index is 10.9. The highest BCUT2D eigenvalue weighted by molar-refractivity contribution is 5.73. The molecule has 6 nitrogen and oxygen atoms in total. The highest BCUT2D eigenvalue weighted by Gasteiger charge is 2.18. The summed E-state index contributed by atoms with van der Waals surface area (Å²) in [6, 6.07) is 19.8. The van der Waals surface area contributed by atoms with Crippen LogP contribution in [0.3, 0.4) is 0 Å². The molecular formula is C26H26N2O4. The third kappa shape index (κ3) is 5.41. The summed E-state index contributed by atoms with van der Waals surface area (Å²) in [5.41, 5.74) is 8.77. The molecule has 164 valence electrons. The summed E-state index contributed by atoms with van der Waals surface area (Å²) in [7, 11) is 0. The van der Waals surface area contributed by atoms with Gasteiger partial charge in [0.15, 0.2) is 6.61 Å². The minimum absolute atomic E-state index is 0.0946. The first-order valence-corrected chi connectivity index (χ1v) is 10.7. The normalized spacial score (nSPS) is 13.7. The van der Waals surface area contributed by atoms with Crippen molar-refractivity contribution in [2.75, 3.05) is 13.2 Å². The van der Waals surface area contributed by atoms with E-state index in [2.05, 4.69) is 34.7 Å². The van der Waals surface area contributed by atoms with E-state index >= 15 is 0 Å². The fourth-order valence-electron chi connectivity index (χ4n) is 3.97. The van der Waals surface area contributed by atoms with Crippen molar-refractivity contribution in [3.8, 4) is 5.75 Å². The number of rotatable bonds is 10. The number of hydrogen-bond donors (Lipinski definition) is 2. The molecule has 0 aliphatic heterocycles. The van der Waals surface area contributed by atoms with Gasteiger partial charge in [-0.25, -0.2) is 4.79 Å². The Hall–Kier alpha value is -3.48. The van der Waals surface area contributed by atoms with Crippen LogP contribution in [0.2, 0.25) is 0 Å². The SMILES string of the molecule is O=C(O)COc1cccc2c1CCC=C2CCONC(c1ccccc1)c1ccncc1. The third-order valence-corrected chi connectivity index (χ3v) is 5.46. The van der Waals surface area contributed by atoms with Crippen LogP contribution in [0.5, 0.6) is 5.75 Å². The van der Waals surface area contributed by atoms with E-state index in [0.717, 1.165) is 41.5 Å². The van der Waals surface area contributed by atoms with E-state index in [1.807, 2.05) is 42.5 Å². The second-order valence-corrected chi connectivity index (χ2v) is 7.57. The lowest BCUT2D eigenvalue weighted by Gasteiger charge is -2.22. The largest absolute Gasteiger partial charge is 0.482 e. The maximum Gasteiger partial charge on any atom is 0.341 e. The van der Waals surface area contributed by atoms with Gasteiger partial charge in [0, 0.05) is 18.0 Å². The quantitative estimate of drug-likeness (QED) is 0.362. The van der Waals surface area contributed by atoms with Crippen molar-refractivity contribution < 1.29 is 19.5 Å². The van der Waals surface area contributed by atoms with Crippen LogP contribution in [0.15, 0.2) is 79.1 Å². The first kappa shape index (κ1) is 21.7. The lowest BCUT2D eigenvalue weighted by molar-refractivity contribution is -0.139. The lowest BCUT2D eigenvalue weighted by atomic mass is 9.89. The van der Waals surface area contributed by atoms with Crippen LogP contribution < -0.4 is 10.2 Å². The van der Waals surface area contributed by atoms with Crippen LogP contribution in [-0.4, -0.2) is 29.3 Å². The van der Waals surface area contributed by atoms with Gasteiger partial charge in [0.25, 0.3) is 0 Å². The van der Waals surface area contributed by atoms with Crippen LogP contribution in [0.4, 0.5) is 0 Å². The molecule has 1 unspecified atom stereocenters. The molecule has 1 atom stereocenters. The summed E-state index contributed by atoms with van der Waals surface area (Å²) < 4.78 is 5.49. The number of aromatic nitrogens is 1. The number of hydrogen-bond acceptors (Lipinski definition) is 5. The molecule has 0 fully saturated rings. The molecule has 2 N–H and O–H groups in total. The Morgan fingerprint density at radius 3 is 2.59 bits per heavy atom. The maximum absolute atomic E-state index is 10.9. The van der Waals surface area contributed by atoms with Crippen LogP contribution in [0, 0.1) is 0 Å². The number of carboxylic acids is 1. The Morgan fingerprint density at radius 2 is 1.81 bits per heavy atom. The minimum Gasteiger partial charge on any atom is -0.482 e. The van der Waals surface area contributed by atoms with Gasteiger partial charge >= 0.3 is 5.97 Å². The van der Waals surface area contributed by atoms with Crippen LogP contribution in [0.1, 0.15) is 41.1 Å². The molecule has 1 aromatic heterocycles. The number of pyridine rings is 1. The van der Waals surface area contributed by atoms with Gasteiger partial charge in [-0.1, -0.05) is 48.5 Å². The van der Waals surface area contributed by atoms with E-state index < -0.39 is 5.97 Å². The number of fused-ring (bicyclic) bond motifs is 1. The summed E-state index contributed by atoms with van der Waals surface area (Å²) >= 11 is 0. The van der Waals surface area contributed by atoms with Gasteiger partial charge in [-0.05, 0) is 59.7 Å². The number of ether oxygens (including phenoxy) is 1. The fourth-order valence-corrected chi connectivity index (χ4v) is 3.97. The molecule has 1 heterocycles. The monoisotopic (exact) mass is 430 g/mol. The predicted octanol–water partition coefficient (Wildman–Crippen LogP) is 4.58. The Labute approximate surface area is 187 Å². The van der Waals surface area contributed by atoms with E-state index in [-0.39, 0.29) is 12.6 Å². The highest BCUT2D eigenvalue weighted by Crippen LogP contribution is 2.34. The molecule has 4 rings (SSSR count). The van der Waals surface area contributed by atoms with Crippen molar-refractivity contribution in [2.45, 2.75) is 25.3 Å². The summed E-state index contributed by atoms with van der Waals surface area (Å²) in [6.07, 6.45) is 8.25. The predicted molar refractivity (Wildman–Crippen MR) is 122 cm³/mol. The van der Waals surface area contributed by atoms with Gasteiger partial charge < -0.3 is 14.7 Å². The molecule has 0 radical (unpaired) electrons. The first-order valence-electron chi connectivity index (χ1n) is 10.7. The van der Waals surface area contributed by atoms with Gasteiger partial charge in [-0.2, -0.15) is 5.48 Å². The summed E-state index contributed by atoms with van der Waals surface area (Å²) in [5, 5.41) is 8.92. The molecule has 1 aliphatic rings. The number of hydroxylamine groups is 1. The first-order chi connectivity index (χ1) is 15.7. The summed E-state index contributed by atoms with van der Waals surface area (Å²) in [6.45, 7) is 0.165. The number of allylic oxidation sites excluding steroid dienone is 1. The molecule has 0 bridgehead atoms. The standard InChI is InChI=1S/C26H26N2O4/c29-25(30)18-31-24-11-5-9-22-19(8-4-10-23(22)24)14-17-32-28-26(20-6-2-1-3-7-20)21-12-15-27-16-13-21/h1-3,5-9,11-13,15-16,26,28H,4,10,14,17-18H2,(H,29,30). The Bertz CT molecular complexity index is 1030. The van der Waals surface area contributed by atoms with E-state index in [1.54, 1.807) is 12.4 Å². The zero-order valence-corrected chi connectivity index (χ0v) is 17.7. The van der Waals surface area contributed by atoms with Crippen molar-refractivity contribution in [1.29, 1.82) is 0 Å². The van der Waals surface area contributed by atoms with Crippen molar-refractivity contribution in [3.63, 3.8) is 0 Å². The number of benzene rings is 2. The molecule has 6 heteroatoms. The van der Waals surface area contributed by atoms with Crippen molar-refractivity contribution in [2.24, 2.45) is 0 Å². The van der Waals surface area contributed by atoms with Gasteiger partial charge in [0.05, 0.1) is 12.6 Å². The van der Waals surface area contributed by atoms with Crippen LogP contribution >= 0.6 is 0 Å². The number of nitrogens with zero attached hydrogens (tertiary/aromatic N) is 1. The van der Waals surface area contributed by atoms with Crippen molar-refractivity contribution in [3.05, 3.63) is 101 Å². The van der Waals surface area contributed by atoms with Crippen molar-refractivity contribution in [1.82, 2.24) is 10.5 Å². The van der Waals surface area contributed by atoms with Gasteiger partial charge in [0.2, 0.25) is 0 Å². The zero-order valence-electron chi connectivity index (χ0n) is 17.7. The van der Waals surface area contributed by atoms with E-state index in [9.17, 15) is 4.79 Å². The molecule has 1 aliphatic carbocycles. The molecular weight excluding hydrogens is 404 g/mol. The van der Waals surface area contributed by atoms with Crippen LogP contribution in [0.25, 0.3) is 5.57 Å². The Kier molecular flexibility index (Phi) is 7.27. The van der Waals surface area contributed by atoms with Gasteiger partial charge in [-0.15, -0.1) is 0 Å². The number of aliphatic carboxylic acids is 1. The summed E-state index contributed by atoms with van der Waals surface area (Å²) in [5.74, 6) is -0.327. The third-order valence-electron chi connectivity index (χ3n) is 5.46. The average Bonchev–Trinajstić information content (AvgIpc) is 2.84. The van der Waals surface area contributed by atoms with E-state index in [1.165, 1.54) is 5.57 Å². The second-order valence-electron chi connectivity index (χ2n) is 7.57. The van der Waals surface area contributed by atoms with Crippen molar-refractivity contribution >= 4 is 11.5 Å². The molecule has 0 spiro atoms. The molecule has 0 amide bonds. The smallest absolute Gasteiger partial charge is 0.341 e. The van der Waals surface area contributed by atoms with Gasteiger partial charge in [-0.3, -0.25) is 4.98 Å². The minimum atomic E-state index is -0.976. The highest BCUT2D eigenvalue weighted by atomic mass is 16.6. The van der Waals surface area contributed by atoms with Gasteiger partial charge in [0.1, 0.15) is 5.75 Å². The van der Waals surface area contributed by atoms with E-state index in [0.29, 0.717) is 12.4 Å². The molecule has 0 saturated heterocycles.